The fraction of sp³-hybridized carbons (Fsp3) is 0.688. The van der Waals surface area contributed by atoms with E-state index in [-0.39, 0.29) is 12.5 Å². The van der Waals surface area contributed by atoms with E-state index in [2.05, 4.69) is 19.9 Å². The van der Waals surface area contributed by atoms with Gasteiger partial charge in [-0.2, -0.15) is 0 Å². The van der Waals surface area contributed by atoms with Crippen LogP contribution in [0.1, 0.15) is 59.1 Å². The molecule has 0 unspecified atom stereocenters. The summed E-state index contributed by atoms with van der Waals surface area (Å²) >= 11 is 1.60. The lowest BCUT2D eigenvalue weighted by molar-refractivity contribution is 0.0643. The quantitative estimate of drug-likeness (QED) is 0.874. The second-order valence-corrected chi connectivity index (χ2v) is 6.86. The summed E-state index contributed by atoms with van der Waals surface area (Å²) in [5.74, 6) is 0.112. The van der Waals surface area contributed by atoms with Crippen molar-refractivity contribution in [2.75, 3.05) is 13.2 Å². The molecule has 0 radical (unpaired) electrons. The third kappa shape index (κ3) is 3.41. The molecule has 1 aromatic heterocycles. The first-order valence-electron chi connectivity index (χ1n) is 7.68. The van der Waals surface area contributed by atoms with Crippen LogP contribution in [-0.2, 0) is 6.42 Å². The fourth-order valence-electron chi connectivity index (χ4n) is 3.06. The number of hydrogen-bond acceptors (Lipinski definition) is 3. The molecule has 0 aliphatic heterocycles. The summed E-state index contributed by atoms with van der Waals surface area (Å²) in [6.07, 6.45) is 6.71. The Hall–Kier alpha value is -0.870. The Morgan fingerprint density at radius 1 is 1.45 bits per heavy atom. The number of carbonyl (C=O) groups excluding carboxylic acids is 1. The Balaban J connectivity index is 2.15. The summed E-state index contributed by atoms with van der Waals surface area (Å²) in [5.41, 5.74) is 1.30. The molecule has 0 bridgehead atoms. The lowest BCUT2D eigenvalue weighted by atomic mass is 10.1. The molecule has 0 spiro atoms. The smallest absolute Gasteiger partial charge is 0.264 e. The lowest BCUT2D eigenvalue weighted by Gasteiger charge is -2.27. The first-order valence-corrected chi connectivity index (χ1v) is 8.50. The lowest BCUT2D eigenvalue weighted by Crippen LogP contribution is -2.40. The minimum atomic E-state index is 0.0500. The third-order valence-electron chi connectivity index (χ3n) is 4.12. The van der Waals surface area contributed by atoms with Crippen LogP contribution >= 0.6 is 11.3 Å². The van der Waals surface area contributed by atoms with Crippen molar-refractivity contribution < 1.29 is 9.90 Å². The van der Waals surface area contributed by atoms with Crippen molar-refractivity contribution in [3.05, 3.63) is 21.4 Å². The van der Waals surface area contributed by atoms with Crippen LogP contribution in [0.3, 0.4) is 0 Å². The summed E-state index contributed by atoms with van der Waals surface area (Å²) in [7, 11) is 0. The van der Waals surface area contributed by atoms with Crippen LogP contribution in [0.15, 0.2) is 6.07 Å². The number of hydrogen-bond donors (Lipinski definition) is 1. The fourth-order valence-corrected chi connectivity index (χ4v) is 4.09. The van der Waals surface area contributed by atoms with E-state index in [9.17, 15) is 9.90 Å². The van der Waals surface area contributed by atoms with E-state index >= 15 is 0 Å². The molecule has 0 aromatic carbocycles. The standard InChI is InChI=1S/C16H25NO2S/c1-3-6-13-11-15(20-12(13)2)16(19)17(9-10-18)14-7-4-5-8-14/h11,14,18H,3-10H2,1-2H3. The minimum Gasteiger partial charge on any atom is -0.395 e. The number of aliphatic hydroxyl groups excluding tert-OH is 1. The molecule has 4 heteroatoms. The van der Waals surface area contributed by atoms with Crippen molar-refractivity contribution in [2.24, 2.45) is 0 Å². The van der Waals surface area contributed by atoms with E-state index in [4.69, 9.17) is 0 Å². The molecule has 20 heavy (non-hydrogen) atoms. The maximum absolute atomic E-state index is 12.7. The average Bonchev–Trinajstić information content (AvgIpc) is 3.06. The highest BCUT2D eigenvalue weighted by atomic mass is 32.1. The highest BCUT2D eigenvalue weighted by molar-refractivity contribution is 7.14. The van der Waals surface area contributed by atoms with Crippen LogP contribution < -0.4 is 0 Å². The molecule has 112 valence electrons. The van der Waals surface area contributed by atoms with Gasteiger partial charge in [-0.25, -0.2) is 0 Å². The van der Waals surface area contributed by atoms with E-state index in [1.165, 1.54) is 23.3 Å². The Morgan fingerprint density at radius 3 is 2.75 bits per heavy atom. The first-order chi connectivity index (χ1) is 9.67. The number of aliphatic hydroxyl groups is 1. The van der Waals surface area contributed by atoms with Gasteiger partial charge in [0.25, 0.3) is 5.91 Å². The Morgan fingerprint density at radius 2 is 2.15 bits per heavy atom. The molecule has 0 saturated heterocycles. The van der Waals surface area contributed by atoms with Crippen LogP contribution in [0.25, 0.3) is 0 Å². The van der Waals surface area contributed by atoms with E-state index in [0.717, 1.165) is 30.6 Å². The molecule has 1 aliphatic rings. The normalized spacial score (nSPS) is 15.8. The molecule has 1 amide bonds. The van der Waals surface area contributed by atoms with Crippen LogP contribution in [0.4, 0.5) is 0 Å². The third-order valence-corrected chi connectivity index (χ3v) is 5.20. The summed E-state index contributed by atoms with van der Waals surface area (Å²) in [5, 5.41) is 9.25. The van der Waals surface area contributed by atoms with Gasteiger partial charge < -0.3 is 10.0 Å². The van der Waals surface area contributed by atoms with Crippen molar-refractivity contribution in [3.8, 4) is 0 Å². The maximum atomic E-state index is 12.7. The van der Waals surface area contributed by atoms with Crippen molar-refractivity contribution in [2.45, 2.75) is 58.4 Å². The Kier molecular flexibility index (Phi) is 5.61. The summed E-state index contributed by atoms with van der Waals surface area (Å²) in [4.78, 5) is 16.7. The zero-order chi connectivity index (χ0) is 14.5. The van der Waals surface area contributed by atoms with E-state index in [1.54, 1.807) is 11.3 Å². The van der Waals surface area contributed by atoms with Gasteiger partial charge in [0.2, 0.25) is 0 Å². The van der Waals surface area contributed by atoms with Gasteiger partial charge in [0.05, 0.1) is 11.5 Å². The minimum absolute atomic E-state index is 0.0500. The van der Waals surface area contributed by atoms with Crippen molar-refractivity contribution in [1.29, 1.82) is 0 Å². The van der Waals surface area contributed by atoms with Gasteiger partial charge in [0.15, 0.2) is 0 Å². The van der Waals surface area contributed by atoms with E-state index in [0.29, 0.717) is 12.6 Å². The molecular formula is C16H25NO2S. The van der Waals surface area contributed by atoms with Crippen LogP contribution in [0.2, 0.25) is 0 Å². The van der Waals surface area contributed by atoms with Crippen molar-refractivity contribution in [1.82, 2.24) is 4.90 Å². The average molecular weight is 295 g/mol. The second kappa shape index (κ2) is 7.23. The second-order valence-electron chi connectivity index (χ2n) is 5.60. The molecule has 1 aliphatic carbocycles. The van der Waals surface area contributed by atoms with Gasteiger partial charge >= 0.3 is 0 Å². The van der Waals surface area contributed by atoms with Gasteiger partial charge in [0.1, 0.15) is 0 Å². The van der Waals surface area contributed by atoms with Crippen LogP contribution in [0.5, 0.6) is 0 Å². The number of carbonyl (C=O) groups is 1. The van der Waals surface area contributed by atoms with E-state index < -0.39 is 0 Å². The molecule has 1 fully saturated rings. The number of rotatable bonds is 6. The van der Waals surface area contributed by atoms with Crippen LogP contribution in [0, 0.1) is 6.92 Å². The summed E-state index contributed by atoms with van der Waals surface area (Å²) in [6, 6.07) is 2.39. The number of thiophene rings is 1. The van der Waals surface area contributed by atoms with Gasteiger partial charge in [-0.15, -0.1) is 11.3 Å². The predicted octanol–water partition coefficient (Wildman–Crippen LogP) is 3.39. The molecular weight excluding hydrogens is 270 g/mol. The zero-order valence-corrected chi connectivity index (χ0v) is 13.3. The van der Waals surface area contributed by atoms with Crippen molar-refractivity contribution >= 4 is 17.2 Å². The van der Waals surface area contributed by atoms with Crippen LogP contribution in [-0.4, -0.2) is 35.1 Å². The largest absolute Gasteiger partial charge is 0.395 e. The molecule has 1 aromatic rings. The topological polar surface area (TPSA) is 40.5 Å². The molecule has 1 N–H and O–H groups in total. The predicted molar refractivity (Wildman–Crippen MR) is 83.4 cm³/mol. The summed E-state index contributed by atoms with van der Waals surface area (Å²) in [6.45, 7) is 4.77. The highest BCUT2D eigenvalue weighted by Crippen LogP contribution is 2.28. The Bertz CT molecular complexity index is 449. The Labute approximate surface area is 125 Å². The first kappa shape index (κ1) is 15.5. The van der Waals surface area contributed by atoms with Gasteiger partial charge in [0, 0.05) is 17.5 Å². The van der Waals surface area contributed by atoms with Gasteiger partial charge in [-0.1, -0.05) is 26.2 Å². The molecule has 3 nitrogen and oxygen atoms in total. The number of aryl methyl sites for hydroxylation is 2. The molecule has 2 rings (SSSR count). The number of nitrogens with zero attached hydrogens (tertiary/aromatic N) is 1. The monoisotopic (exact) mass is 295 g/mol. The molecule has 0 atom stereocenters. The van der Waals surface area contributed by atoms with Gasteiger partial charge in [-0.05, 0) is 37.8 Å². The highest BCUT2D eigenvalue weighted by Gasteiger charge is 2.28. The molecule has 1 heterocycles. The van der Waals surface area contributed by atoms with Crippen molar-refractivity contribution in [3.63, 3.8) is 0 Å². The maximum Gasteiger partial charge on any atom is 0.264 e. The SMILES string of the molecule is CCCc1cc(C(=O)N(CCO)C2CCCC2)sc1C. The van der Waals surface area contributed by atoms with E-state index in [1.807, 2.05) is 4.90 Å². The molecule has 1 saturated carbocycles. The number of amides is 1. The zero-order valence-electron chi connectivity index (χ0n) is 12.5. The van der Waals surface area contributed by atoms with Gasteiger partial charge in [-0.3, -0.25) is 4.79 Å². The summed E-state index contributed by atoms with van der Waals surface area (Å²) < 4.78 is 0.